The van der Waals surface area contributed by atoms with Crippen LogP contribution < -0.4 is 5.32 Å². The third-order valence-electron chi connectivity index (χ3n) is 6.23. The maximum absolute atomic E-state index is 13.6. The van der Waals surface area contributed by atoms with E-state index in [1.165, 1.54) is 12.1 Å². The SMILES string of the molecule is Cc1ccc(Nc2c(-c3ccc(F)cc3)nc3n2CCN(C(=O)C(C)(C)N=[N+]=[N-])C3(C)C)cc1. The van der Waals surface area contributed by atoms with Gasteiger partial charge in [-0.25, -0.2) is 9.37 Å². The number of aromatic nitrogens is 2. The minimum atomic E-state index is -1.22. The molecular formula is C25H28FN7O. The predicted octanol–water partition coefficient (Wildman–Crippen LogP) is 5.91. The lowest BCUT2D eigenvalue weighted by atomic mass is 9.94. The zero-order valence-electron chi connectivity index (χ0n) is 20.0. The number of anilines is 2. The number of imidazole rings is 1. The van der Waals surface area contributed by atoms with Crippen molar-refractivity contribution in [3.8, 4) is 11.3 Å². The smallest absolute Gasteiger partial charge is 0.235 e. The van der Waals surface area contributed by atoms with E-state index in [2.05, 4.69) is 19.9 Å². The summed E-state index contributed by atoms with van der Waals surface area (Å²) in [5.74, 6) is 0.886. The summed E-state index contributed by atoms with van der Waals surface area (Å²) in [6.45, 7) is 10.0. The molecule has 8 nitrogen and oxygen atoms in total. The van der Waals surface area contributed by atoms with E-state index in [0.29, 0.717) is 24.6 Å². The molecular weight excluding hydrogens is 433 g/mol. The number of carbonyl (C=O) groups is 1. The van der Waals surface area contributed by atoms with E-state index < -0.39 is 11.1 Å². The van der Waals surface area contributed by atoms with Crippen LogP contribution in [0.3, 0.4) is 0 Å². The second-order valence-electron chi connectivity index (χ2n) is 9.55. The number of hydrogen-bond donors (Lipinski definition) is 1. The van der Waals surface area contributed by atoms with E-state index in [-0.39, 0.29) is 11.7 Å². The Hall–Kier alpha value is -3.84. The predicted molar refractivity (Wildman–Crippen MR) is 130 cm³/mol. The summed E-state index contributed by atoms with van der Waals surface area (Å²) in [4.78, 5) is 22.8. The van der Waals surface area contributed by atoms with Gasteiger partial charge in [-0.05, 0) is 76.5 Å². The van der Waals surface area contributed by atoms with Gasteiger partial charge in [0.15, 0.2) is 0 Å². The van der Waals surface area contributed by atoms with Crippen molar-refractivity contribution < 1.29 is 9.18 Å². The normalized spacial score (nSPS) is 14.8. The molecule has 176 valence electrons. The Kier molecular flexibility index (Phi) is 5.83. The van der Waals surface area contributed by atoms with E-state index in [9.17, 15) is 9.18 Å². The number of fused-ring (bicyclic) bond motifs is 1. The third-order valence-corrected chi connectivity index (χ3v) is 6.23. The van der Waals surface area contributed by atoms with Crippen LogP contribution in [0.1, 0.15) is 39.1 Å². The first-order chi connectivity index (χ1) is 16.0. The number of carbonyl (C=O) groups excluding carboxylic acids is 1. The van der Waals surface area contributed by atoms with Crippen molar-refractivity contribution in [2.75, 3.05) is 11.9 Å². The number of aryl methyl sites for hydroxylation is 1. The molecule has 1 aliphatic rings. The first-order valence-corrected chi connectivity index (χ1v) is 11.1. The minimum absolute atomic E-state index is 0.263. The number of azide groups is 1. The molecule has 2 aromatic carbocycles. The van der Waals surface area contributed by atoms with Crippen molar-refractivity contribution in [3.05, 3.63) is 76.2 Å². The summed E-state index contributed by atoms with van der Waals surface area (Å²) < 4.78 is 15.7. The maximum Gasteiger partial charge on any atom is 0.235 e. The van der Waals surface area contributed by atoms with E-state index in [4.69, 9.17) is 10.5 Å². The van der Waals surface area contributed by atoms with Gasteiger partial charge in [-0.2, -0.15) is 0 Å². The molecule has 0 saturated carbocycles. The second kappa shape index (κ2) is 8.50. The van der Waals surface area contributed by atoms with Crippen LogP contribution in [0.5, 0.6) is 0 Å². The van der Waals surface area contributed by atoms with Gasteiger partial charge < -0.3 is 14.8 Å². The van der Waals surface area contributed by atoms with E-state index in [1.54, 1.807) is 30.9 Å². The third kappa shape index (κ3) is 4.10. The van der Waals surface area contributed by atoms with Gasteiger partial charge in [0.2, 0.25) is 5.91 Å². The summed E-state index contributed by atoms with van der Waals surface area (Å²) in [5, 5.41) is 7.20. The van der Waals surface area contributed by atoms with Crippen molar-refractivity contribution in [2.24, 2.45) is 5.11 Å². The van der Waals surface area contributed by atoms with Crippen molar-refractivity contribution in [2.45, 2.75) is 52.2 Å². The van der Waals surface area contributed by atoms with Crippen LogP contribution >= 0.6 is 0 Å². The lowest BCUT2D eigenvalue weighted by Gasteiger charge is -2.44. The molecule has 9 heteroatoms. The first-order valence-electron chi connectivity index (χ1n) is 11.1. The number of amides is 1. The second-order valence-corrected chi connectivity index (χ2v) is 9.55. The zero-order chi connectivity index (χ0) is 24.7. The monoisotopic (exact) mass is 461 g/mol. The Bertz CT molecular complexity index is 1270. The van der Waals surface area contributed by atoms with Gasteiger partial charge in [-0.3, -0.25) is 4.79 Å². The average Bonchev–Trinajstić information content (AvgIpc) is 3.15. The fourth-order valence-corrected chi connectivity index (χ4v) is 4.29. The molecule has 1 aliphatic heterocycles. The summed E-state index contributed by atoms with van der Waals surface area (Å²) in [7, 11) is 0. The maximum atomic E-state index is 13.6. The highest BCUT2D eigenvalue weighted by Crippen LogP contribution is 2.40. The highest BCUT2D eigenvalue weighted by atomic mass is 19.1. The Morgan fingerprint density at radius 1 is 1.15 bits per heavy atom. The van der Waals surface area contributed by atoms with Crippen molar-refractivity contribution in [3.63, 3.8) is 0 Å². The lowest BCUT2D eigenvalue weighted by Crippen LogP contribution is -2.56. The molecule has 2 heterocycles. The van der Waals surface area contributed by atoms with Crippen molar-refractivity contribution in [1.82, 2.24) is 14.5 Å². The molecule has 1 aromatic heterocycles. The van der Waals surface area contributed by atoms with Crippen LogP contribution in [0, 0.1) is 12.7 Å². The standard InChI is InChI=1S/C25H28FN7O/c1-16-6-12-19(13-7-16)28-21-20(17-8-10-18(26)11-9-17)29-22-25(4,5)33(15-14-32(21)22)23(34)24(2,3)30-31-27/h6-13,28H,14-15H2,1-5H3. The Morgan fingerprint density at radius 2 is 1.79 bits per heavy atom. The van der Waals surface area contributed by atoms with Crippen molar-refractivity contribution in [1.29, 1.82) is 0 Å². The number of benzene rings is 2. The Labute approximate surface area is 198 Å². The molecule has 0 unspecified atom stereocenters. The van der Waals surface area contributed by atoms with Crippen LogP contribution in [0.2, 0.25) is 0 Å². The molecule has 0 radical (unpaired) electrons. The molecule has 0 bridgehead atoms. The fourth-order valence-electron chi connectivity index (χ4n) is 4.29. The topological polar surface area (TPSA) is 98.9 Å². The zero-order valence-corrected chi connectivity index (χ0v) is 20.0. The van der Waals surface area contributed by atoms with Gasteiger partial charge in [0, 0.05) is 29.3 Å². The van der Waals surface area contributed by atoms with Gasteiger partial charge in [0.25, 0.3) is 0 Å². The molecule has 0 fully saturated rings. The first kappa shape index (κ1) is 23.3. The molecule has 0 spiro atoms. The fraction of sp³-hybridized carbons (Fsp3) is 0.360. The number of nitrogens with zero attached hydrogens (tertiary/aromatic N) is 6. The van der Waals surface area contributed by atoms with Crippen LogP contribution in [-0.4, -0.2) is 32.4 Å². The quantitative estimate of drug-likeness (QED) is 0.290. The Morgan fingerprint density at radius 3 is 2.41 bits per heavy atom. The van der Waals surface area contributed by atoms with E-state index in [0.717, 1.165) is 22.6 Å². The van der Waals surface area contributed by atoms with E-state index in [1.807, 2.05) is 45.0 Å². The number of rotatable bonds is 5. The molecule has 34 heavy (non-hydrogen) atoms. The van der Waals surface area contributed by atoms with Gasteiger partial charge in [-0.15, -0.1) is 0 Å². The van der Waals surface area contributed by atoms with Crippen LogP contribution in [-0.2, 0) is 16.9 Å². The van der Waals surface area contributed by atoms with Crippen LogP contribution in [0.4, 0.5) is 15.9 Å². The largest absolute Gasteiger partial charge is 0.340 e. The number of halogens is 1. The van der Waals surface area contributed by atoms with Gasteiger partial charge in [0.1, 0.15) is 28.7 Å². The molecule has 1 N–H and O–H groups in total. The minimum Gasteiger partial charge on any atom is -0.340 e. The number of hydrogen-bond acceptors (Lipinski definition) is 4. The summed E-state index contributed by atoms with van der Waals surface area (Å²) in [5.41, 5.74) is 10.4. The van der Waals surface area contributed by atoms with Crippen molar-refractivity contribution >= 4 is 17.4 Å². The molecule has 1 amide bonds. The highest BCUT2D eigenvalue weighted by Gasteiger charge is 2.45. The lowest BCUT2D eigenvalue weighted by molar-refractivity contribution is -0.143. The van der Waals surface area contributed by atoms with E-state index >= 15 is 0 Å². The summed E-state index contributed by atoms with van der Waals surface area (Å²) in [6, 6.07) is 14.3. The molecule has 0 saturated heterocycles. The molecule has 0 aliphatic carbocycles. The molecule has 4 rings (SSSR count). The highest BCUT2D eigenvalue weighted by molar-refractivity contribution is 5.87. The summed E-state index contributed by atoms with van der Waals surface area (Å²) in [6.07, 6.45) is 0. The number of nitrogens with one attached hydrogen (secondary N) is 1. The van der Waals surface area contributed by atoms with Crippen LogP contribution in [0.15, 0.2) is 53.6 Å². The summed E-state index contributed by atoms with van der Waals surface area (Å²) >= 11 is 0. The Balaban J connectivity index is 1.83. The van der Waals surface area contributed by atoms with Crippen LogP contribution in [0.25, 0.3) is 21.7 Å². The average molecular weight is 462 g/mol. The van der Waals surface area contributed by atoms with Gasteiger partial charge >= 0.3 is 0 Å². The van der Waals surface area contributed by atoms with Gasteiger partial charge in [0.05, 0.1) is 5.54 Å². The molecule has 3 aromatic rings. The van der Waals surface area contributed by atoms with Gasteiger partial charge in [-0.1, -0.05) is 22.8 Å². The molecule has 0 atom stereocenters.